The van der Waals surface area contributed by atoms with Gasteiger partial charge in [0.25, 0.3) is 0 Å². The zero-order valence-corrected chi connectivity index (χ0v) is 19.8. The fraction of sp³-hybridized carbons (Fsp3) is 0.600. The minimum atomic E-state index is -3.78. The number of benzene rings is 1. The van der Waals surface area contributed by atoms with Crippen molar-refractivity contribution in [2.24, 2.45) is 0 Å². The summed E-state index contributed by atoms with van der Waals surface area (Å²) in [6.45, 7) is 2.89. The van der Waals surface area contributed by atoms with Crippen molar-refractivity contribution in [2.45, 2.75) is 37.8 Å². The van der Waals surface area contributed by atoms with Gasteiger partial charge in [0.2, 0.25) is 10.0 Å². The lowest BCUT2D eigenvalue weighted by atomic mass is 9.97. The molecule has 2 aliphatic rings. The van der Waals surface area contributed by atoms with Gasteiger partial charge in [0.1, 0.15) is 5.75 Å². The molecule has 1 N–H and O–H groups in total. The lowest BCUT2D eigenvalue weighted by molar-refractivity contribution is 0.0686. The van der Waals surface area contributed by atoms with Gasteiger partial charge in [-0.05, 0) is 37.8 Å². The molecule has 2 aromatic rings. The molecule has 12 heteroatoms. The van der Waals surface area contributed by atoms with Gasteiger partial charge in [-0.25, -0.2) is 18.0 Å². The predicted molar refractivity (Wildman–Crippen MR) is 122 cm³/mol. The lowest BCUT2D eigenvalue weighted by Crippen LogP contribution is -2.49. The Labute approximate surface area is 192 Å². The van der Waals surface area contributed by atoms with Crippen LogP contribution in [-0.2, 0) is 14.8 Å². The van der Waals surface area contributed by atoms with E-state index < -0.39 is 15.7 Å². The second-order valence-corrected chi connectivity index (χ2v) is 10.1. The number of hydrogen-bond donors (Lipinski definition) is 1. The maximum absolute atomic E-state index is 13.1. The van der Waals surface area contributed by atoms with Crippen LogP contribution in [0.3, 0.4) is 0 Å². The third kappa shape index (κ3) is 4.46. The van der Waals surface area contributed by atoms with E-state index in [1.807, 2.05) is 0 Å². The maximum atomic E-state index is 13.1. The number of imidazole rings is 1. The monoisotopic (exact) mass is 488 g/mol. The van der Waals surface area contributed by atoms with Crippen LogP contribution in [0.25, 0.3) is 11.0 Å². The highest BCUT2D eigenvalue weighted by molar-refractivity contribution is 7.89. The van der Waals surface area contributed by atoms with E-state index in [0.717, 1.165) is 36.2 Å². The number of aromatic hydroxyl groups is 1. The molecule has 32 heavy (non-hydrogen) atoms. The Kier molecular flexibility index (Phi) is 7.11. The Morgan fingerprint density at radius 1 is 1.03 bits per heavy atom. The van der Waals surface area contributed by atoms with Crippen LogP contribution in [0.5, 0.6) is 5.75 Å². The van der Waals surface area contributed by atoms with Crippen LogP contribution in [0.2, 0.25) is 0 Å². The first-order chi connectivity index (χ1) is 14.7. The van der Waals surface area contributed by atoms with E-state index >= 15 is 0 Å². The molecule has 1 aromatic carbocycles. The highest BCUT2D eigenvalue weighted by atomic mass is 35.5. The van der Waals surface area contributed by atoms with Crippen LogP contribution < -0.4 is 5.69 Å². The topological polar surface area (TPSA) is 114 Å². The molecule has 0 saturated carbocycles. The molecular weight excluding hydrogens is 460 g/mol. The SMILES string of the molecule is COC(=O)N1CCC(N2CCC(n3c(=O)n(S(C)(=O)=O)c4ccc(O)cc43)CC2)CC1.Cl. The van der Waals surface area contributed by atoms with Crippen LogP contribution in [-0.4, -0.2) is 83.5 Å². The summed E-state index contributed by atoms with van der Waals surface area (Å²) >= 11 is 0. The minimum Gasteiger partial charge on any atom is -0.508 e. The number of nitrogens with zero attached hydrogens (tertiary/aromatic N) is 4. The van der Waals surface area contributed by atoms with Gasteiger partial charge < -0.3 is 19.6 Å². The fourth-order valence-corrected chi connectivity index (χ4v) is 5.79. The van der Waals surface area contributed by atoms with E-state index in [0.29, 0.717) is 37.5 Å². The molecule has 0 unspecified atom stereocenters. The van der Waals surface area contributed by atoms with E-state index in [-0.39, 0.29) is 35.8 Å². The Morgan fingerprint density at radius 3 is 2.19 bits per heavy atom. The minimum absolute atomic E-state index is 0. The molecule has 2 aliphatic heterocycles. The molecule has 0 aliphatic carbocycles. The number of aromatic nitrogens is 2. The quantitative estimate of drug-likeness (QED) is 0.698. The number of carbonyl (C=O) groups excluding carboxylic acids is 1. The molecule has 3 heterocycles. The number of phenolic OH excluding ortho intramolecular Hbond substituents is 1. The van der Waals surface area contributed by atoms with Crippen molar-refractivity contribution in [2.75, 3.05) is 39.5 Å². The average Bonchev–Trinajstić information content (AvgIpc) is 3.04. The highest BCUT2D eigenvalue weighted by Crippen LogP contribution is 2.30. The van der Waals surface area contributed by atoms with Crippen molar-refractivity contribution in [3.8, 4) is 5.75 Å². The second-order valence-electron chi connectivity index (χ2n) is 8.31. The number of ether oxygens (including phenoxy) is 1. The van der Waals surface area contributed by atoms with Gasteiger partial charge in [-0.15, -0.1) is 12.4 Å². The smallest absolute Gasteiger partial charge is 0.409 e. The molecule has 0 atom stereocenters. The van der Waals surface area contributed by atoms with Gasteiger partial charge in [0.05, 0.1) is 24.4 Å². The molecule has 0 bridgehead atoms. The molecule has 4 rings (SSSR count). The number of phenols is 1. The molecule has 1 amide bonds. The Bertz CT molecular complexity index is 1140. The molecule has 2 fully saturated rings. The number of piperidine rings is 2. The van der Waals surface area contributed by atoms with E-state index in [2.05, 4.69) is 4.90 Å². The predicted octanol–water partition coefficient (Wildman–Crippen LogP) is 1.61. The number of carbonyl (C=O) groups is 1. The van der Waals surface area contributed by atoms with Crippen molar-refractivity contribution in [3.05, 3.63) is 28.7 Å². The van der Waals surface area contributed by atoms with Gasteiger partial charge in [-0.3, -0.25) is 4.57 Å². The molecule has 0 radical (unpaired) electrons. The molecular formula is C20H29ClN4O6S. The van der Waals surface area contributed by atoms with Crippen LogP contribution in [0.4, 0.5) is 4.79 Å². The zero-order valence-electron chi connectivity index (χ0n) is 18.1. The summed E-state index contributed by atoms with van der Waals surface area (Å²) in [5, 5.41) is 9.93. The number of amides is 1. The number of hydrogen-bond acceptors (Lipinski definition) is 7. The fourth-order valence-electron chi connectivity index (χ4n) is 4.91. The third-order valence-corrected chi connectivity index (χ3v) is 7.44. The Balaban J connectivity index is 0.00000289. The molecule has 1 aromatic heterocycles. The largest absolute Gasteiger partial charge is 0.508 e. The van der Waals surface area contributed by atoms with Crippen molar-refractivity contribution in [3.63, 3.8) is 0 Å². The Morgan fingerprint density at radius 2 is 1.62 bits per heavy atom. The standard InChI is InChI=1S/C20H28N4O6S.ClH/c1-30-20(27)22-11-5-14(6-12-22)21-9-7-15(8-10-21)23-18-13-16(25)3-4-17(18)24(19(23)26)31(2,28)29;/h3-4,13-15,25H,5-12H2,1-2H3;1H. The molecule has 178 valence electrons. The second kappa shape index (κ2) is 9.32. The van der Waals surface area contributed by atoms with Crippen molar-refractivity contribution in [1.29, 1.82) is 0 Å². The Hall–Kier alpha value is -2.24. The van der Waals surface area contributed by atoms with Gasteiger partial charge in [-0.1, -0.05) is 0 Å². The van der Waals surface area contributed by atoms with Crippen LogP contribution >= 0.6 is 12.4 Å². The van der Waals surface area contributed by atoms with Gasteiger partial charge in [-0.2, -0.15) is 3.97 Å². The van der Waals surface area contributed by atoms with Gasteiger partial charge in [0.15, 0.2) is 0 Å². The summed E-state index contributed by atoms with van der Waals surface area (Å²) in [5.74, 6) is -0.0123. The van der Waals surface area contributed by atoms with Crippen molar-refractivity contribution < 1.29 is 23.1 Å². The number of halogens is 1. The van der Waals surface area contributed by atoms with E-state index in [1.165, 1.54) is 29.9 Å². The lowest BCUT2D eigenvalue weighted by Gasteiger charge is -2.41. The summed E-state index contributed by atoms with van der Waals surface area (Å²) in [6, 6.07) is 4.53. The summed E-state index contributed by atoms with van der Waals surface area (Å²) < 4.78 is 31.6. The highest BCUT2D eigenvalue weighted by Gasteiger charge is 2.32. The number of likely N-dealkylation sites (tertiary alicyclic amines) is 2. The maximum Gasteiger partial charge on any atom is 0.409 e. The van der Waals surface area contributed by atoms with Gasteiger partial charge >= 0.3 is 11.8 Å². The van der Waals surface area contributed by atoms with E-state index in [4.69, 9.17) is 4.74 Å². The van der Waals surface area contributed by atoms with Crippen molar-refractivity contribution >= 4 is 39.6 Å². The molecule has 10 nitrogen and oxygen atoms in total. The number of methoxy groups -OCH3 is 1. The summed E-state index contributed by atoms with van der Waals surface area (Å²) in [5.41, 5.74) is 0.121. The summed E-state index contributed by atoms with van der Waals surface area (Å²) in [7, 11) is -2.39. The normalized spacial score (nSPS) is 19.1. The molecule has 2 saturated heterocycles. The first-order valence-corrected chi connectivity index (χ1v) is 12.3. The third-order valence-electron chi connectivity index (χ3n) is 6.43. The van der Waals surface area contributed by atoms with Gasteiger partial charge in [0, 0.05) is 44.3 Å². The van der Waals surface area contributed by atoms with Crippen LogP contribution in [0.1, 0.15) is 31.7 Å². The van der Waals surface area contributed by atoms with E-state index in [9.17, 15) is 23.1 Å². The summed E-state index contributed by atoms with van der Waals surface area (Å²) in [6.07, 6.45) is 3.88. The average molecular weight is 489 g/mol. The molecule has 0 spiro atoms. The van der Waals surface area contributed by atoms with Crippen LogP contribution in [0.15, 0.2) is 23.0 Å². The summed E-state index contributed by atoms with van der Waals surface area (Å²) in [4.78, 5) is 28.8. The van der Waals surface area contributed by atoms with Crippen molar-refractivity contribution in [1.82, 2.24) is 18.3 Å². The zero-order chi connectivity index (χ0) is 22.3. The first kappa shape index (κ1) is 24.4. The van der Waals surface area contributed by atoms with E-state index in [1.54, 1.807) is 4.90 Å². The first-order valence-electron chi connectivity index (χ1n) is 10.4. The van der Waals surface area contributed by atoms with Crippen LogP contribution in [0, 0.1) is 0 Å². The number of rotatable bonds is 3. The number of fused-ring (bicyclic) bond motifs is 1.